The summed E-state index contributed by atoms with van der Waals surface area (Å²) in [6.07, 6.45) is 3.42. The van der Waals surface area contributed by atoms with Crippen LogP contribution in [0.1, 0.15) is 28.8 Å². The highest BCUT2D eigenvalue weighted by Crippen LogP contribution is 2.27. The van der Waals surface area contributed by atoms with Crippen LogP contribution in [0.25, 0.3) is 0 Å². The van der Waals surface area contributed by atoms with E-state index in [4.69, 9.17) is 0 Å². The Balaban J connectivity index is 1.65. The smallest absolute Gasteiger partial charge is 0.255 e. The van der Waals surface area contributed by atoms with Gasteiger partial charge < -0.3 is 10.2 Å². The number of rotatable bonds is 7. The predicted octanol–water partition coefficient (Wildman–Crippen LogP) is 4.34. The maximum Gasteiger partial charge on any atom is 0.255 e. The van der Waals surface area contributed by atoms with Crippen molar-refractivity contribution in [3.05, 3.63) is 72.3 Å². The highest BCUT2D eigenvalue weighted by molar-refractivity contribution is 7.99. The molecule has 1 N–H and O–H groups in total. The van der Waals surface area contributed by atoms with Crippen LogP contribution in [0.15, 0.2) is 66.1 Å². The summed E-state index contributed by atoms with van der Waals surface area (Å²) in [7, 11) is 0. The molecule has 1 aliphatic rings. The van der Waals surface area contributed by atoms with Gasteiger partial charge in [0.1, 0.15) is 0 Å². The van der Waals surface area contributed by atoms with Crippen LogP contribution in [0.5, 0.6) is 0 Å². The summed E-state index contributed by atoms with van der Waals surface area (Å²) in [5.41, 5.74) is 2.44. The van der Waals surface area contributed by atoms with E-state index in [1.54, 1.807) is 11.8 Å². The monoisotopic (exact) mass is 366 g/mol. The number of carbonyl (C=O) groups excluding carboxylic acids is 2. The van der Waals surface area contributed by atoms with Crippen molar-refractivity contribution in [3.8, 4) is 0 Å². The molecule has 1 fully saturated rings. The minimum absolute atomic E-state index is 0.138. The van der Waals surface area contributed by atoms with Crippen LogP contribution >= 0.6 is 11.8 Å². The molecule has 3 rings (SSSR count). The first kappa shape index (κ1) is 18.3. The highest BCUT2D eigenvalue weighted by atomic mass is 32.2. The van der Waals surface area contributed by atoms with E-state index in [0.717, 1.165) is 34.9 Å². The van der Waals surface area contributed by atoms with E-state index in [9.17, 15) is 9.59 Å². The second-order valence-corrected chi connectivity index (χ2v) is 7.23. The molecule has 4 nitrogen and oxygen atoms in total. The third-order valence-corrected chi connectivity index (χ3v) is 5.32. The zero-order valence-corrected chi connectivity index (χ0v) is 15.4. The average molecular weight is 366 g/mol. The summed E-state index contributed by atoms with van der Waals surface area (Å²) < 4.78 is 0. The molecular formula is C21H22N2O2S. The Morgan fingerprint density at radius 3 is 2.65 bits per heavy atom. The number of benzene rings is 2. The van der Waals surface area contributed by atoms with E-state index in [1.165, 1.54) is 0 Å². The molecule has 1 heterocycles. The van der Waals surface area contributed by atoms with E-state index in [0.29, 0.717) is 18.5 Å². The standard InChI is InChI=1S/C21H22N2O2S/c1-2-14-26-19-7-4-3-6-18(19)22-21(25)17-11-9-16(10-12-17)15-23-13-5-8-20(23)24/h2-4,6-7,9-12H,1,5,8,13-15H2,(H,22,25). The number of hydrogen-bond acceptors (Lipinski definition) is 3. The summed E-state index contributed by atoms with van der Waals surface area (Å²) in [5, 5.41) is 2.98. The van der Waals surface area contributed by atoms with Crippen molar-refractivity contribution in [3.63, 3.8) is 0 Å². The first-order valence-electron chi connectivity index (χ1n) is 8.68. The molecule has 0 aromatic heterocycles. The number of nitrogens with one attached hydrogen (secondary N) is 1. The van der Waals surface area contributed by atoms with Gasteiger partial charge in [-0.05, 0) is 36.2 Å². The van der Waals surface area contributed by atoms with E-state index in [2.05, 4.69) is 11.9 Å². The van der Waals surface area contributed by atoms with Gasteiger partial charge in [-0.2, -0.15) is 0 Å². The fourth-order valence-electron chi connectivity index (χ4n) is 2.89. The molecule has 0 unspecified atom stereocenters. The lowest BCUT2D eigenvalue weighted by molar-refractivity contribution is -0.128. The van der Waals surface area contributed by atoms with Gasteiger partial charge in [-0.15, -0.1) is 18.3 Å². The SMILES string of the molecule is C=CCSc1ccccc1NC(=O)c1ccc(CN2CCCC2=O)cc1. The number of likely N-dealkylation sites (tertiary alicyclic amines) is 1. The van der Waals surface area contributed by atoms with E-state index in [-0.39, 0.29) is 11.8 Å². The van der Waals surface area contributed by atoms with Crippen LogP contribution in [0, 0.1) is 0 Å². The van der Waals surface area contributed by atoms with Crippen molar-refractivity contribution in [2.75, 3.05) is 17.6 Å². The molecule has 0 radical (unpaired) electrons. The summed E-state index contributed by atoms with van der Waals surface area (Å²) in [4.78, 5) is 27.1. The quantitative estimate of drug-likeness (QED) is 0.586. The summed E-state index contributed by atoms with van der Waals surface area (Å²) in [6.45, 7) is 5.16. The predicted molar refractivity (Wildman–Crippen MR) is 106 cm³/mol. The Bertz CT molecular complexity index is 802. The Labute approximate surface area is 158 Å². The van der Waals surface area contributed by atoms with Gasteiger partial charge in [-0.1, -0.05) is 30.3 Å². The molecule has 2 aromatic carbocycles. The van der Waals surface area contributed by atoms with Crippen LogP contribution in [-0.2, 0) is 11.3 Å². The molecule has 0 atom stereocenters. The van der Waals surface area contributed by atoms with Crippen LogP contribution in [-0.4, -0.2) is 29.0 Å². The van der Waals surface area contributed by atoms with E-state index < -0.39 is 0 Å². The fraction of sp³-hybridized carbons (Fsp3) is 0.238. The van der Waals surface area contributed by atoms with Crippen LogP contribution < -0.4 is 5.32 Å². The second-order valence-electron chi connectivity index (χ2n) is 6.17. The molecule has 1 saturated heterocycles. The van der Waals surface area contributed by atoms with Gasteiger partial charge in [-0.25, -0.2) is 0 Å². The number of anilines is 1. The molecule has 134 valence electrons. The third kappa shape index (κ3) is 4.55. The molecule has 0 aliphatic carbocycles. The van der Waals surface area contributed by atoms with Crippen molar-refractivity contribution in [1.82, 2.24) is 4.90 Å². The number of hydrogen-bond donors (Lipinski definition) is 1. The number of para-hydroxylation sites is 1. The molecular weight excluding hydrogens is 344 g/mol. The van der Waals surface area contributed by atoms with Gasteiger partial charge in [-0.3, -0.25) is 9.59 Å². The van der Waals surface area contributed by atoms with Crippen LogP contribution in [0.2, 0.25) is 0 Å². The Morgan fingerprint density at radius 2 is 1.96 bits per heavy atom. The lowest BCUT2D eigenvalue weighted by Gasteiger charge is -2.15. The minimum atomic E-state index is -0.138. The van der Waals surface area contributed by atoms with Gasteiger partial charge in [0.25, 0.3) is 5.91 Å². The van der Waals surface area contributed by atoms with Gasteiger partial charge >= 0.3 is 0 Å². The van der Waals surface area contributed by atoms with Gasteiger partial charge in [0, 0.05) is 35.7 Å². The zero-order chi connectivity index (χ0) is 18.4. The summed E-state index contributed by atoms with van der Waals surface area (Å²) in [5.74, 6) is 0.859. The topological polar surface area (TPSA) is 49.4 Å². The lowest BCUT2D eigenvalue weighted by atomic mass is 10.1. The van der Waals surface area contributed by atoms with E-state index in [1.807, 2.05) is 59.5 Å². The molecule has 5 heteroatoms. The van der Waals surface area contributed by atoms with Crippen molar-refractivity contribution < 1.29 is 9.59 Å². The van der Waals surface area contributed by atoms with Crippen LogP contribution in [0.3, 0.4) is 0 Å². The van der Waals surface area contributed by atoms with Crippen molar-refractivity contribution >= 4 is 29.3 Å². The third-order valence-electron chi connectivity index (χ3n) is 4.25. The molecule has 1 aliphatic heterocycles. The van der Waals surface area contributed by atoms with E-state index >= 15 is 0 Å². The fourth-order valence-corrected chi connectivity index (χ4v) is 3.64. The van der Waals surface area contributed by atoms with Crippen LogP contribution in [0.4, 0.5) is 5.69 Å². The van der Waals surface area contributed by atoms with Crippen molar-refractivity contribution in [2.45, 2.75) is 24.3 Å². The largest absolute Gasteiger partial charge is 0.338 e. The number of amides is 2. The summed E-state index contributed by atoms with van der Waals surface area (Å²) in [6, 6.07) is 15.2. The lowest BCUT2D eigenvalue weighted by Crippen LogP contribution is -2.23. The van der Waals surface area contributed by atoms with Gasteiger partial charge in [0.15, 0.2) is 0 Å². The van der Waals surface area contributed by atoms with Crippen molar-refractivity contribution in [1.29, 1.82) is 0 Å². The Morgan fingerprint density at radius 1 is 1.19 bits per heavy atom. The average Bonchev–Trinajstić information content (AvgIpc) is 3.06. The van der Waals surface area contributed by atoms with Gasteiger partial charge in [0.05, 0.1) is 5.69 Å². The first-order chi connectivity index (χ1) is 12.7. The first-order valence-corrected chi connectivity index (χ1v) is 9.67. The Hall–Kier alpha value is -2.53. The molecule has 26 heavy (non-hydrogen) atoms. The molecule has 2 aromatic rings. The molecule has 0 spiro atoms. The maximum atomic E-state index is 12.5. The minimum Gasteiger partial charge on any atom is -0.338 e. The highest BCUT2D eigenvalue weighted by Gasteiger charge is 2.20. The summed E-state index contributed by atoms with van der Waals surface area (Å²) >= 11 is 1.63. The molecule has 0 bridgehead atoms. The Kier molecular flexibility index (Phi) is 6.12. The normalized spacial score (nSPS) is 13.7. The number of carbonyl (C=O) groups is 2. The maximum absolute atomic E-state index is 12.5. The van der Waals surface area contributed by atoms with Gasteiger partial charge in [0.2, 0.25) is 5.91 Å². The molecule has 0 saturated carbocycles. The number of thioether (sulfide) groups is 1. The zero-order valence-electron chi connectivity index (χ0n) is 14.6. The van der Waals surface area contributed by atoms with Crippen molar-refractivity contribution in [2.24, 2.45) is 0 Å². The second kappa shape index (κ2) is 8.72. The molecule has 2 amide bonds. The number of nitrogens with zero attached hydrogens (tertiary/aromatic N) is 1.